The average molecular weight is 336 g/mol. The van der Waals surface area contributed by atoms with Crippen molar-refractivity contribution in [3.05, 3.63) is 52.4 Å². The summed E-state index contributed by atoms with van der Waals surface area (Å²) in [5.74, 6) is 1.05. The Morgan fingerprint density at radius 1 is 1.20 bits per heavy atom. The number of pyridine rings is 1. The second-order valence-electron chi connectivity index (χ2n) is 6.14. The molecule has 7 heteroatoms. The van der Waals surface area contributed by atoms with Gasteiger partial charge in [0.25, 0.3) is 5.56 Å². The van der Waals surface area contributed by atoms with E-state index in [0.29, 0.717) is 22.7 Å². The van der Waals surface area contributed by atoms with Crippen molar-refractivity contribution in [2.75, 3.05) is 36.4 Å². The fourth-order valence-corrected chi connectivity index (χ4v) is 3.15. The molecule has 3 heterocycles. The molecule has 0 saturated carbocycles. The van der Waals surface area contributed by atoms with Gasteiger partial charge < -0.3 is 15.5 Å². The van der Waals surface area contributed by atoms with Gasteiger partial charge >= 0.3 is 0 Å². The monoisotopic (exact) mass is 336 g/mol. The van der Waals surface area contributed by atoms with E-state index in [1.165, 1.54) is 0 Å². The number of piperazine rings is 1. The molecular weight excluding hydrogens is 316 g/mol. The van der Waals surface area contributed by atoms with Crippen LogP contribution in [0.4, 0.5) is 17.5 Å². The Labute approximate surface area is 145 Å². The number of aromatic amines is 1. The number of hydrogen-bond acceptors (Lipinski definition) is 6. The van der Waals surface area contributed by atoms with E-state index >= 15 is 0 Å². The number of hydrogen-bond donors (Lipinski definition) is 3. The average Bonchev–Trinajstić information content (AvgIpc) is 2.62. The van der Waals surface area contributed by atoms with Crippen LogP contribution >= 0.6 is 0 Å². The van der Waals surface area contributed by atoms with Gasteiger partial charge in [-0.25, -0.2) is 9.97 Å². The first kappa shape index (κ1) is 15.6. The number of aryl methyl sites for hydroxylation is 1. The molecule has 7 nitrogen and oxygen atoms in total. The molecule has 0 aliphatic carbocycles. The van der Waals surface area contributed by atoms with Crippen LogP contribution in [0, 0.1) is 6.92 Å². The summed E-state index contributed by atoms with van der Waals surface area (Å²) < 4.78 is 0. The highest BCUT2D eigenvalue weighted by Gasteiger charge is 2.12. The zero-order valence-electron chi connectivity index (χ0n) is 14.0. The molecule has 0 unspecified atom stereocenters. The Morgan fingerprint density at radius 3 is 2.88 bits per heavy atom. The molecule has 0 atom stereocenters. The maximum atomic E-state index is 12.4. The van der Waals surface area contributed by atoms with Gasteiger partial charge in [-0.3, -0.25) is 9.78 Å². The van der Waals surface area contributed by atoms with Gasteiger partial charge in [0.15, 0.2) is 0 Å². The lowest BCUT2D eigenvalue weighted by Crippen LogP contribution is -2.43. The lowest BCUT2D eigenvalue weighted by atomic mass is 10.1. The van der Waals surface area contributed by atoms with Gasteiger partial charge in [0.05, 0.1) is 10.9 Å². The van der Waals surface area contributed by atoms with Crippen molar-refractivity contribution in [1.29, 1.82) is 0 Å². The lowest BCUT2D eigenvalue weighted by molar-refractivity contribution is 0.589. The van der Waals surface area contributed by atoms with Crippen LogP contribution < -0.4 is 21.1 Å². The van der Waals surface area contributed by atoms with Crippen LogP contribution in [0.2, 0.25) is 0 Å². The molecule has 1 aliphatic heterocycles. The molecule has 0 radical (unpaired) electrons. The molecule has 0 amide bonds. The Morgan fingerprint density at radius 2 is 2.04 bits per heavy atom. The summed E-state index contributed by atoms with van der Waals surface area (Å²) in [6, 6.07) is 9.62. The van der Waals surface area contributed by atoms with Crippen LogP contribution in [0.3, 0.4) is 0 Å². The standard InChI is InChI=1S/C18H20N6O/c1-12-3-2-4-14-16(12)17(25)23-18(21-14)22-15-11-13(5-6-20-15)24-9-7-19-8-10-24/h2-6,11,19H,7-10H2,1H3,(H2,20,21,22,23,25). The number of fused-ring (bicyclic) bond motifs is 1. The van der Waals surface area contributed by atoms with E-state index in [4.69, 9.17) is 0 Å². The summed E-state index contributed by atoms with van der Waals surface area (Å²) in [6.07, 6.45) is 1.77. The molecule has 1 fully saturated rings. The Balaban J connectivity index is 1.64. The molecule has 1 aliphatic rings. The summed E-state index contributed by atoms with van der Waals surface area (Å²) in [4.78, 5) is 26.3. The summed E-state index contributed by atoms with van der Waals surface area (Å²) in [6.45, 7) is 5.79. The summed E-state index contributed by atoms with van der Waals surface area (Å²) in [5.41, 5.74) is 2.54. The molecule has 2 aromatic heterocycles. The van der Waals surface area contributed by atoms with Gasteiger partial charge in [0, 0.05) is 44.1 Å². The number of H-pyrrole nitrogens is 1. The molecule has 0 bridgehead atoms. The molecule has 1 aromatic carbocycles. The highest BCUT2D eigenvalue weighted by atomic mass is 16.1. The zero-order chi connectivity index (χ0) is 17.2. The van der Waals surface area contributed by atoms with E-state index < -0.39 is 0 Å². The summed E-state index contributed by atoms with van der Waals surface area (Å²) >= 11 is 0. The molecule has 25 heavy (non-hydrogen) atoms. The van der Waals surface area contributed by atoms with Gasteiger partial charge in [-0.15, -0.1) is 0 Å². The van der Waals surface area contributed by atoms with Crippen molar-refractivity contribution in [3.8, 4) is 0 Å². The third-order valence-corrected chi connectivity index (χ3v) is 4.41. The summed E-state index contributed by atoms with van der Waals surface area (Å²) in [7, 11) is 0. The topological polar surface area (TPSA) is 85.9 Å². The van der Waals surface area contributed by atoms with Gasteiger partial charge in [-0.05, 0) is 24.6 Å². The van der Waals surface area contributed by atoms with Gasteiger partial charge in [-0.1, -0.05) is 12.1 Å². The van der Waals surface area contributed by atoms with Crippen LogP contribution in [-0.2, 0) is 0 Å². The quantitative estimate of drug-likeness (QED) is 0.676. The van der Waals surface area contributed by atoms with Crippen molar-refractivity contribution in [1.82, 2.24) is 20.3 Å². The van der Waals surface area contributed by atoms with Crippen LogP contribution in [0.5, 0.6) is 0 Å². The zero-order valence-corrected chi connectivity index (χ0v) is 14.0. The third kappa shape index (κ3) is 3.18. The minimum Gasteiger partial charge on any atom is -0.369 e. The van der Waals surface area contributed by atoms with E-state index in [0.717, 1.165) is 37.4 Å². The van der Waals surface area contributed by atoms with Crippen molar-refractivity contribution in [2.24, 2.45) is 0 Å². The second-order valence-corrected chi connectivity index (χ2v) is 6.14. The fourth-order valence-electron chi connectivity index (χ4n) is 3.15. The number of aromatic nitrogens is 3. The van der Waals surface area contributed by atoms with E-state index in [9.17, 15) is 4.79 Å². The molecule has 3 N–H and O–H groups in total. The summed E-state index contributed by atoms with van der Waals surface area (Å²) in [5, 5.41) is 7.08. The molecule has 128 valence electrons. The first-order valence-electron chi connectivity index (χ1n) is 8.39. The Bertz CT molecular complexity index is 961. The highest BCUT2D eigenvalue weighted by molar-refractivity contribution is 5.82. The van der Waals surface area contributed by atoms with Crippen LogP contribution in [0.1, 0.15) is 5.56 Å². The number of rotatable bonds is 3. The maximum Gasteiger partial charge on any atom is 0.260 e. The molecule has 3 aromatic rings. The minimum atomic E-state index is -0.149. The first-order chi connectivity index (χ1) is 12.2. The predicted octanol–water partition coefficient (Wildman–Crippen LogP) is 1.78. The van der Waals surface area contributed by atoms with E-state index in [1.54, 1.807) is 6.20 Å². The number of anilines is 3. The second kappa shape index (κ2) is 6.52. The van der Waals surface area contributed by atoms with E-state index in [2.05, 4.69) is 30.5 Å². The van der Waals surface area contributed by atoms with Crippen molar-refractivity contribution in [2.45, 2.75) is 6.92 Å². The van der Waals surface area contributed by atoms with Crippen molar-refractivity contribution >= 4 is 28.4 Å². The first-order valence-corrected chi connectivity index (χ1v) is 8.39. The molecule has 0 spiro atoms. The third-order valence-electron chi connectivity index (χ3n) is 4.41. The van der Waals surface area contributed by atoms with Gasteiger partial charge in [0.1, 0.15) is 5.82 Å². The van der Waals surface area contributed by atoms with Gasteiger partial charge in [0.2, 0.25) is 5.95 Å². The molecular formula is C18H20N6O. The smallest absolute Gasteiger partial charge is 0.260 e. The SMILES string of the molecule is Cc1cccc2nc(Nc3cc(N4CCNCC4)ccn3)[nH]c(=O)c12. The van der Waals surface area contributed by atoms with Crippen molar-refractivity contribution < 1.29 is 0 Å². The largest absolute Gasteiger partial charge is 0.369 e. The number of nitrogens with zero attached hydrogens (tertiary/aromatic N) is 3. The van der Waals surface area contributed by atoms with Crippen LogP contribution in [-0.4, -0.2) is 41.1 Å². The number of benzene rings is 1. The maximum absolute atomic E-state index is 12.4. The molecule has 1 saturated heterocycles. The highest BCUT2D eigenvalue weighted by Crippen LogP contribution is 2.20. The van der Waals surface area contributed by atoms with Crippen LogP contribution in [0.15, 0.2) is 41.3 Å². The minimum absolute atomic E-state index is 0.149. The predicted molar refractivity (Wildman–Crippen MR) is 99.7 cm³/mol. The molecule has 4 rings (SSSR count). The van der Waals surface area contributed by atoms with Gasteiger partial charge in [-0.2, -0.15) is 0 Å². The van der Waals surface area contributed by atoms with Crippen LogP contribution in [0.25, 0.3) is 10.9 Å². The van der Waals surface area contributed by atoms with E-state index in [1.807, 2.05) is 37.3 Å². The van der Waals surface area contributed by atoms with Crippen molar-refractivity contribution in [3.63, 3.8) is 0 Å². The Kier molecular flexibility index (Phi) is 4.07. The van der Waals surface area contributed by atoms with E-state index in [-0.39, 0.29) is 5.56 Å². The normalized spacial score (nSPS) is 14.7. The lowest BCUT2D eigenvalue weighted by Gasteiger charge is -2.29. The fraction of sp³-hybridized carbons (Fsp3) is 0.278. The number of nitrogens with one attached hydrogen (secondary N) is 3. The Hall–Kier alpha value is -2.93.